The van der Waals surface area contributed by atoms with Crippen molar-refractivity contribution < 1.29 is 0 Å². The van der Waals surface area contributed by atoms with Gasteiger partial charge in [-0.25, -0.2) is 0 Å². The van der Waals surface area contributed by atoms with Crippen LogP contribution in [0.5, 0.6) is 0 Å². The summed E-state index contributed by atoms with van der Waals surface area (Å²) in [6.45, 7) is 7.99. The van der Waals surface area contributed by atoms with Crippen molar-refractivity contribution in [3.05, 3.63) is 28.2 Å². The van der Waals surface area contributed by atoms with Gasteiger partial charge in [-0.15, -0.1) is 0 Å². The molecule has 0 spiro atoms. The molecular formula is C18H29BrN2. The van der Waals surface area contributed by atoms with Gasteiger partial charge < -0.3 is 10.2 Å². The van der Waals surface area contributed by atoms with Crippen LogP contribution >= 0.6 is 15.9 Å². The van der Waals surface area contributed by atoms with Crippen LogP contribution in [-0.2, 0) is 0 Å². The van der Waals surface area contributed by atoms with Crippen LogP contribution < -0.4 is 10.2 Å². The minimum atomic E-state index is 0.405. The second kappa shape index (κ2) is 8.79. The minimum absolute atomic E-state index is 0.405. The van der Waals surface area contributed by atoms with Gasteiger partial charge in [-0.05, 0) is 56.5 Å². The van der Waals surface area contributed by atoms with Crippen LogP contribution in [0.15, 0.2) is 22.7 Å². The van der Waals surface area contributed by atoms with Gasteiger partial charge >= 0.3 is 0 Å². The van der Waals surface area contributed by atoms with Crippen molar-refractivity contribution >= 4 is 21.6 Å². The van der Waals surface area contributed by atoms with Crippen LogP contribution in [0.25, 0.3) is 0 Å². The Balaban J connectivity index is 2.19. The maximum Gasteiger partial charge on any atom is 0.0415 e. The molecule has 1 fully saturated rings. The molecule has 1 heterocycles. The smallest absolute Gasteiger partial charge is 0.0415 e. The number of anilines is 1. The van der Waals surface area contributed by atoms with E-state index in [1.165, 1.54) is 67.3 Å². The van der Waals surface area contributed by atoms with Crippen LogP contribution in [0.2, 0.25) is 0 Å². The number of halogens is 1. The molecule has 1 atom stereocenters. The van der Waals surface area contributed by atoms with Crippen molar-refractivity contribution in [3.8, 4) is 0 Å². The first-order valence-electron chi connectivity index (χ1n) is 8.50. The van der Waals surface area contributed by atoms with E-state index < -0.39 is 0 Å². The second-order valence-electron chi connectivity index (χ2n) is 6.13. The van der Waals surface area contributed by atoms with E-state index in [2.05, 4.69) is 58.2 Å². The Hall–Kier alpha value is -0.540. The molecule has 0 bridgehead atoms. The van der Waals surface area contributed by atoms with Gasteiger partial charge in [-0.2, -0.15) is 0 Å². The molecule has 0 radical (unpaired) electrons. The van der Waals surface area contributed by atoms with Crippen LogP contribution in [-0.4, -0.2) is 19.6 Å². The fourth-order valence-electron chi connectivity index (χ4n) is 3.12. The average molecular weight is 353 g/mol. The van der Waals surface area contributed by atoms with Gasteiger partial charge in [0.2, 0.25) is 0 Å². The highest BCUT2D eigenvalue weighted by Crippen LogP contribution is 2.31. The molecule has 1 N–H and O–H groups in total. The number of rotatable bonds is 5. The number of hydrogen-bond acceptors (Lipinski definition) is 2. The summed E-state index contributed by atoms with van der Waals surface area (Å²) >= 11 is 3.64. The van der Waals surface area contributed by atoms with Crippen LogP contribution in [0.1, 0.15) is 64.0 Å². The van der Waals surface area contributed by atoms with Gasteiger partial charge in [0.1, 0.15) is 0 Å². The lowest BCUT2D eigenvalue weighted by Crippen LogP contribution is -2.29. The molecule has 1 aliphatic heterocycles. The topological polar surface area (TPSA) is 15.3 Å². The summed E-state index contributed by atoms with van der Waals surface area (Å²) in [5.74, 6) is 0. The molecular weight excluding hydrogens is 324 g/mol. The molecule has 3 heteroatoms. The predicted octanol–water partition coefficient (Wildman–Crippen LogP) is 5.28. The van der Waals surface area contributed by atoms with E-state index in [-0.39, 0.29) is 0 Å². The molecule has 21 heavy (non-hydrogen) atoms. The maximum absolute atomic E-state index is 3.64. The summed E-state index contributed by atoms with van der Waals surface area (Å²) in [6.07, 6.45) is 8.00. The maximum atomic E-state index is 3.64. The lowest BCUT2D eigenvalue weighted by molar-refractivity contribution is 0.545. The van der Waals surface area contributed by atoms with Gasteiger partial charge in [0.05, 0.1) is 0 Å². The summed E-state index contributed by atoms with van der Waals surface area (Å²) in [4.78, 5) is 2.60. The molecule has 2 rings (SSSR count). The highest BCUT2D eigenvalue weighted by atomic mass is 79.9. The summed E-state index contributed by atoms with van der Waals surface area (Å²) in [7, 11) is 0. The Morgan fingerprint density at radius 3 is 2.48 bits per heavy atom. The van der Waals surface area contributed by atoms with Gasteiger partial charge in [0, 0.05) is 29.3 Å². The number of nitrogens with one attached hydrogen (secondary N) is 1. The lowest BCUT2D eigenvalue weighted by atomic mass is 10.0. The van der Waals surface area contributed by atoms with E-state index in [0.29, 0.717) is 6.04 Å². The number of benzene rings is 1. The Bertz CT molecular complexity index is 425. The van der Waals surface area contributed by atoms with E-state index in [1.54, 1.807) is 0 Å². The molecule has 2 nitrogen and oxygen atoms in total. The molecule has 1 aromatic rings. The molecule has 1 aromatic carbocycles. The zero-order valence-electron chi connectivity index (χ0n) is 13.5. The molecule has 1 unspecified atom stereocenters. The van der Waals surface area contributed by atoms with Gasteiger partial charge in [-0.1, -0.05) is 42.1 Å². The van der Waals surface area contributed by atoms with Crippen LogP contribution in [0.4, 0.5) is 5.69 Å². The zero-order valence-corrected chi connectivity index (χ0v) is 15.1. The van der Waals surface area contributed by atoms with Gasteiger partial charge in [-0.3, -0.25) is 0 Å². The molecule has 0 saturated carbocycles. The fourth-order valence-corrected chi connectivity index (χ4v) is 3.50. The largest absolute Gasteiger partial charge is 0.371 e. The third-order valence-electron chi connectivity index (χ3n) is 4.35. The highest BCUT2D eigenvalue weighted by molar-refractivity contribution is 9.10. The molecule has 1 saturated heterocycles. The quantitative estimate of drug-likeness (QED) is 0.775. The second-order valence-corrected chi connectivity index (χ2v) is 7.05. The average Bonchev–Trinajstić information content (AvgIpc) is 2.45. The Morgan fingerprint density at radius 2 is 1.81 bits per heavy atom. The van der Waals surface area contributed by atoms with E-state index >= 15 is 0 Å². The third kappa shape index (κ3) is 5.00. The first-order chi connectivity index (χ1) is 10.2. The molecule has 0 aliphatic carbocycles. The van der Waals surface area contributed by atoms with Gasteiger partial charge in [0.25, 0.3) is 0 Å². The van der Waals surface area contributed by atoms with Crippen molar-refractivity contribution in [3.63, 3.8) is 0 Å². The van der Waals surface area contributed by atoms with Crippen LogP contribution in [0, 0.1) is 0 Å². The summed E-state index contributed by atoms with van der Waals surface area (Å²) in [6, 6.07) is 7.18. The normalized spacial score (nSPS) is 18.1. The molecule has 1 aliphatic rings. The first kappa shape index (κ1) is 16.8. The van der Waals surface area contributed by atoms with Crippen molar-refractivity contribution in [2.24, 2.45) is 0 Å². The van der Waals surface area contributed by atoms with Crippen molar-refractivity contribution in [2.45, 2.75) is 58.4 Å². The Kier molecular flexibility index (Phi) is 7.05. The van der Waals surface area contributed by atoms with E-state index in [4.69, 9.17) is 0 Å². The zero-order chi connectivity index (χ0) is 15.1. The van der Waals surface area contributed by atoms with Crippen molar-refractivity contribution in [1.82, 2.24) is 5.32 Å². The fraction of sp³-hybridized carbons (Fsp3) is 0.667. The number of nitrogens with zero attached hydrogens (tertiary/aromatic N) is 1. The van der Waals surface area contributed by atoms with Crippen LogP contribution in [0.3, 0.4) is 0 Å². The highest BCUT2D eigenvalue weighted by Gasteiger charge is 2.16. The summed E-state index contributed by atoms with van der Waals surface area (Å²) in [5.41, 5.74) is 2.86. The van der Waals surface area contributed by atoms with E-state index in [1.807, 2.05) is 0 Å². The summed E-state index contributed by atoms with van der Waals surface area (Å²) < 4.78 is 1.18. The molecule has 0 aromatic heterocycles. The van der Waals surface area contributed by atoms with E-state index in [0.717, 1.165) is 6.54 Å². The monoisotopic (exact) mass is 352 g/mol. The first-order valence-corrected chi connectivity index (χ1v) is 9.29. The Labute approximate surface area is 138 Å². The third-order valence-corrected chi connectivity index (χ3v) is 4.85. The minimum Gasteiger partial charge on any atom is -0.371 e. The van der Waals surface area contributed by atoms with Crippen molar-refractivity contribution in [2.75, 3.05) is 24.5 Å². The van der Waals surface area contributed by atoms with Crippen molar-refractivity contribution in [1.29, 1.82) is 0 Å². The molecule has 0 amide bonds. The standard InChI is InChI=1S/C18H29BrN2/c1-3-11-20-15(2)17-14-16(19)9-10-18(17)21-12-7-5-4-6-8-13-21/h9-10,14-15,20H,3-8,11-13H2,1-2H3. The SMILES string of the molecule is CCCNC(C)c1cc(Br)ccc1N1CCCCCCC1. The van der Waals surface area contributed by atoms with Gasteiger partial charge in [0.15, 0.2) is 0 Å². The summed E-state index contributed by atoms with van der Waals surface area (Å²) in [5, 5.41) is 3.64. The predicted molar refractivity (Wildman–Crippen MR) is 96.1 cm³/mol. The Morgan fingerprint density at radius 1 is 1.14 bits per heavy atom. The lowest BCUT2D eigenvalue weighted by Gasteiger charge is -2.31. The molecule has 118 valence electrons. The number of hydrogen-bond donors (Lipinski definition) is 1. The van der Waals surface area contributed by atoms with E-state index in [9.17, 15) is 0 Å².